The molecule has 0 fully saturated rings. The zero-order chi connectivity index (χ0) is 27.9. The Labute approximate surface area is 233 Å². The minimum atomic E-state index is -1.30. The third-order valence-electron chi connectivity index (χ3n) is 7.74. The fourth-order valence-electron chi connectivity index (χ4n) is 5.72. The number of ether oxygens (including phenoxy) is 4. The summed E-state index contributed by atoms with van der Waals surface area (Å²) in [4.78, 5) is 13.4. The number of esters is 1. The summed E-state index contributed by atoms with van der Waals surface area (Å²) in [5.74, 6) is 0.846. The van der Waals surface area contributed by atoms with Crippen molar-refractivity contribution in [1.82, 2.24) is 0 Å². The van der Waals surface area contributed by atoms with Crippen molar-refractivity contribution < 1.29 is 28.1 Å². The third-order valence-corrected chi connectivity index (χ3v) is 7.74. The molecule has 4 aromatic rings. The first kappa shape index (κ1) is 25.9. The molecule has 2 atom stereocenters. The molecule has 40 heavy (non-hydrogen) atoms. The number of hydrogen-bond acceptors (Lipinski definition) is 5. The van der Waals surface area contributed by atoms with Crippen molar-refractivity contribution in [2.45, 2.75) is 51.4 Å². The minimum absolute atomic E-state index is 0.324. The highest BCUT2D eigenvalue weighted by molar-refractivity contribution is 6.09. The maximum atomic E-state index is 15.5. The van der Waals surface area contributed by atoms with E-state index in [1.54, 1.807) is 25.3 Å². The van der Waals surface area contributed by atoms with Gasteiger partial charge in [0, 0.05) is 33.9 Å². The van der Waals surface area contributed by atoms with E-state index in [2.05, 4.69) is 6.92 Å². The summed E-state index contributed by atoms with van der Waals surface area (Å²) in [7, 11) is 1.62. The predicted octanol–water partition coefficient (Wildman–Crippen LogP) is 8.10. The Morgan fingerprint density at radius 2 is 1.70 bits per heavy atom. The van der Waals surface area contributed by atoms with Gasteiger partial charge in [0.2, 0.25) is 6.29 Å². The summed E-state index contributed by atoms with van der Waals surface area (Å²) >= 11 is 0. The van der Waals surface area contributed by atoms with Gasteiger partial charge in [0.25, 0.3) is 0 Å². The van der Waals surface area contributed by atoms with Crippen molar-refractivity contribution in [3.05, 3.63) is 106 Å². The second-order valence-electron chi connectivity index (χ2n) is 10.3. The standard InChI is InChI=1S/C34H31FO5/c1-4-5-6-15-29-38-32-24-12-8-7-11-23(24)31-25(30(32)33(36)39-29)18-19-34(40-31,26-13-9-10-14-27(26)35)22-16-17-28(37-3)21(2)20-22/h7-14,16-20,29H,4-6,15H2,1-3H3. The van der Waals surface area contributed by atoms with E-state index in [1.807, 2.05) is 61.5 Å². The van der Waals surface area contributed by atoms with Crippen LogP contribution in [-0.2, 0) is 10.3 Å². The van der Waals surface area contributed by atoms with Crippen molar-refractivity contribution in [2.75, 3.05) is 7.11 Å². The van der Waals surface area contributed by atoms with Crippen LogP contribution in [0.15, 0.2) is 72.8 Å². The highest BCUT2D eigenvalue weighted by Gasteiger charge is 2.43. The maximum absolute atomic E-state index is 15.5. The van der Waals surface area contributed by atoms with Crippen LogP contribution in [0.2, 0.25) is 0 Å². The van der Waals surface area contributed by atoms with Crippen molar-refractivity contribution in [2.24, 2.45) is 0 Å². The van der Waals surface area contributed by atoms with Crippen LogP contribution in [0.25, 0.3) is 16.8 Å². The molecule has 0 N–H and O–H groups in total. The fourth-order valence-corrected chi connectivity index (χ4v) is 5.72. The lowest BCUT2D eigenvalue weighted by atomic mass is 9.81. The molecule has 0 saturated carbocycles. The Hall–Kier alpha value is -4.32. The normalized spacial score (nSPS) is 19.3. The van der Waals surface area contributed by atoms with Gasteiger partial charge in [-0.15, -0.1) is 0 Å². The number of fused-ring (bicyclic) bond motifs is 6. The largest absolute Gasteiger partial charge is 0.496 e. The fraction of sp³-hybridized carbons (Fsp3) is 0.265. The number of carbonyl (C=O) groups excluding carboxylic acids is 1. The van der Waals surface area contributed by atoms with Gasteiger partial charge in [0.05, 0.1) is 7.11 Å². The van der Waals surface area contributed by atoms with E-state index in [0.29, 0.717) is 34.6 Å². The molecule has 6 heteroatoms. The van der Waals surface area contributed by atoms with Gasteiger partial charge in [0.1, 0.15) is 28.6 Å². The van der Waals surface area contributed by atoms with E-state index in [0.717, 1.165) is 46.9 Å². The maximum Gasteiger partial charge on any atom is 0.345 e. The average molecular weight is 539 g/mol. The first-order valence-electron chi connectivity index (χ1n) is 13.7. The lowest BCUT2D eigenvalue weighted by Gasteiger charge is -2.38. The number of halogens is 1. The molecule has 5 nitrogen and oxygen atoms in total. The van der Waals surface area contributed by atoms with Gasteiger partial charge in [-0.3, -0.25) is 0 Å². The molecule has 0 spiro atoms. The van der Waals surface area contributed by atoms with E-state index >= 15 is 4.39 Å². The summed E-state index contributed by atoms with van der Waals surface area (Å²) in [6, 6.07) is 20.0. The van der Waals surface area contributed by atoms with Crippen LogP contribution in [0.3, 0.4) is 0 Å². The van der Waals surface area contributed by atoms with Crippen LogP contribution < -0.4 is 14.2 Å². The third kappa shape index (κ3) is 4.19. The Kier molecular flexibility index (Phi) is 6.70. The van der Waals surface area contributed by atoms with E-state index in [1.165, 1.54) is 6.07 Å². The Bertz CT molecular complexity index is 1640. The molecule has 0 bridgehead atoms. The molecule has 4 aromatic carbocycles. The Morgan fingerprint density at radius 1 is 0.950 bits per heavy atom. The quantitative estimate of drug-likeness (QED) is 0.176. The summed E-state index contributed by atoms with van der Waals surface area (Å²) in [6.45, 7) is 4.07. The number of aryl methyl sites for hydroxylation is 1. The zero-order valence-electron chi connectivity index (χ0n) is 22.8. The van der Waals surface area contributed by atoms with Crippen LogP contribution >= 0.6 is 0 Å². The molecule has 2 aliphatic heterocycles. The molecule has 0 aliphatic carbocycles. The molecular weight excluding hydrogens is 507 g/mol. The average Bonchev–Trinajstić information content (AvgIpc) is 2.97. The number of rotatable bonds is 7. The minimum Gasteiger partial charge on any atom is -0.496 e. The topological polar surface area (TPSA) is 54.0 Å². The summed E-state index contributed by atoms with van der Waals surface area (Å²) in [5.41, 5.74) is 1.56. The van der Waals surface area contributed by atoms with Crippen LogP contribution in [-0.4, -0.2) is 19.4 Å². The van der Waals surface area contributed by atoms with E-state index in [9.17, 15) is 4.79 Å². The second kappa shape index (κ2) is 10.3. The molecule has 6 rings (SSSR count). The van der Waals surface area contributed by atoms with E-state index in [-0.39, 0.29) is 0 Å². The molecule has 2 aliphatic rings. The lowest BCUT2D eigenvalue weighted by Crippen LogP contribution is -2.37. The number of hydrogen-bond donors (Lipinski definition) is 0. The number of carbonyl (C=O) groups is 1. The van der Waals surface area contributed by atoms with Gasteiger partial charge in [-0.25, -0.2) is 9.18 Å². The monoisotopic (exact) mass is 538 g/mol. The first-order chi connectivity index (χ1) is 19.5. The van der Waals surface area contributed by atoms with Gasteiger partial charge in [-0.1, -0.05) is 68.3 Å². The molecule has 0 amide bonds. The Morgan fingerprint density at radius 3 is 2.42 bits per heavy atom. The molecule has 2 unspecified atom stereocenters. The van der Waals surface area contributed by atoms with Crippen molar-refractivity contribution in [3.63, 3.8) is 0 Å². The van der Waals surface area contributed by atoms with Gasteiger partial charge in [0.15, 0.2) is 5.60 Å². The smallest absolute Gasteiger partial charge is 0.345 e. The van der Waals surface area contributed by atoms with Crippen LogP contribution in [0.1, 0.15) is 65.2 Å². The van der Waals surface area contributed by atoms with Crippen LogP contribution in [0.4, 0.5) is 4.39 Å². The molecule has 0 aromatic heterocycles. The molecule has 0 saturated heterocycles. The number of benzene rings is 4. The number of cyclic esters (lactones) is 1. The second-order valence-corrected chi connectivity index (χ2v) is 10.3. The molecule has 2 heterocycles. The van der Waals surface area contributed by atoms with Gasteiger partial charge < -0.3 is 18.9 Å². The molecule has 0 radical (unpaired) electrons. The van der Waals surface area contributed by atoms with Crippen molar-refractivity contribution in [3.8, 4) is 17.2 Å². The van der Waals surface area contributed by atoms with Gasteiger partial charge in [-0.2, -0.15) is 0 Å². The highest BCUT2D eigenvalue weighted by Crippen LogP contribution is 2.51. The predicted molar refractivity (Wildman–Crippen MR) is 152 cm³/mol. The first-order valence-corrected chi connectivity index (χ1v) is 13.7. The van der Waals surface area contributed by atoms with Gasteiger partial charge >= 0.3 is 5.97 Å². The SMILES string of the molecule is CCCCCC1OC(=O)c2c3c(c4ccccc4c2O1)OC(c1ccc(OC)c(C)c1)(c1ccccc1F)C=C3. The van der Waals surface area contributed by atoms with E-state index in [4.69, 9.17) is 18.9 Å². The highest BCUT2D eigenvalue weighted by atomic mass is 19.1. The summed E-state index contributed by atoms with van der Waals surface area (Å²) < 4.78 is 39.9. The zero-order valence-corrected chi connectivity index (χ0v) is 22.8. The number of methoxy groups -OCH3 is 1. The lowest BCUT2D eigenvalue weighted by molar-refractivity contribution is -0.0639. The van der Waals surface area contributed by atoms with Crippen LogP contribution in [0.5, 0.6) is 17.2 Å². The van der Waals surface area contributed by atoms with E-state index < -0.39 is 23.7 Å². The summed E-state index contributed by atoms with van der Waals surface area (Å²) in [5, 5.41) is 1.52. The van der Waals surface area contributed by atoms with Crippen LogP contribution in [0, 0.1) is 12.7 Å². The Balaban J connectivity index is 1.56. The van der Waals surface area contributed by atoms with Crippen molar-refractivity contribution >= 4 is 22.8 Å². The molecule has 204 valence electrons. The van der Waals surface area contributed by atoms with Crippen molar-refractivity contribution in [1.29, 1.82) is 0 Å². The molecular formula is C34H31FO5. The number of unbranched alkanes of at least 4 members (excludes halogenated alkanes) is 2. The summed E-state index contributed by atoms with van der Waals surface area (Å²) in [6.07, 6.45) is 6.64. The van der Waals surface area contributed by atoms with Gasteiger partial charge in [-0.05, 0) is 49.3 Å².